The summed E-state index contributed by atoms with van der Waals surface area (Å²) in [5.41, 5.74) is 0.241. The number of amides is 1. The van der Waals surface area contributed by atoms with E-state index in [-0.39, 0.29) is 24.1 Å². The SMILES string of the molecule is O=C1C(NC2CC2)CCCN1Cc1cc(F)ccc1F. The Morgan fingerprint density at radius 3 is 2.80 bits per heavy atom. The van der Waals surface area contributed by atoms with Crippen LogP contribution in [0.1, 0.15) is 31.2 Å². The highest BCUT2D eigenvalue weighted by Gasteiger charge is 2.33. The van der Waals surface area contributed by atoms with Crippen molar-refractivity contribution in [2.75, 3.05) is 6.54 Å². The number of carbonyl (C=O) groups is 1. The smallest absolute Gasteiger partial charge is 0.240 e. The van der Waals surface area contributed by atoms with Crippen LogP contribution in [0.5, 0.6) is 0 Å². The summed E-state index contributed by atoms with van der Waals surface area (Å²) in [6, 6.07) is 3.68. The van der Waals surface area contributed by atoms with Gasteiger partial charge in [-0.15, -0.1) is 0 Å². The van der Waals surface area contributed by atoms with Crippen molar-refractivity contribution in [3.05, 3.63) is 35.4 Å². The van der Waals surface area contributed by atoms with Crippen molar-refractivity contribution in [1.82, 2.24) is 10.2 Å². The second-order valence-corrected chi connectivity index (χ2v) is 5.63. The van der Waals surface area contributed by atoms with Crippen molar-refractivity contribution in [2.45, 2.75) is 44.3 Å². The van der Waals surface area contributed by atoms with Gasteiger partial charge in [-0.05, 0) is 43.9 Å². The molecule has 0 aromatic heterocycles. The van der Waals surface area contributed by atoms with Gasteiger partial charge in [-0.2, -0.15) is 0 Å². The van der Waals surface area contributed by atoms with Gasteiger partial charge in [0.25, 0.3) is 0 Å². The highest BCUT2D eigenvalue weighted by molar-refractivity contribution is 5.82. The second kappa shape index (κ2) is 5.48. The average Bonchev–Trinajstić information content (AvgIpc) is 3.22. The molecule has 1 amide bonds. The van der Waals surface area contributed by atoms with Crippen LogP contribution in [-0.4, -0.2) is 29.4 Å². The molecule has 1 saturated carbocycles. The zero-order valence-corrected chi connectivity index (χ0v) is 11.2. The van der Waals surface area contributed by atoms with Crippen LogP contribution in [0.25, 0.3) is 0 Å². The molecular formula is C15H18F2N2O. The van der Waals surface area contributed by atoms with E-state index in [1.807, 2.05) is 0 Å². The molecule has 5 heteroatoms. The van der Waals surface area contributed by atoms with E-state index in [9.17, 15) is 13.6 Å². The first-order valence-corrected chi connectivity index (χ1v) is 7.12. The molecule has 1 N–H and O–H groups in total. The van der Waals surface area contributed by atoms with Gasteiger partial charge < -0.3 is 10.2 Å². The fraction of sp³-hybridized carbons (Fsp3) is 0.533. The van der Waals surface area contributed by atoms with Crippen LogP contribution in [0, 0.1) is 11.6 Å². The first-order chi connectivity index (χ1) is 9.63. The molecule has 1 unspecified atom stereocenters. The standard InChI is InChI=1S/C15H18F2N2O/c16-11-3-6-13(17)10(8-11)9-19-7-1-2-14(15(19)20)18-12-4-5-12/h3,6,8,12,14,18H,1-2,4-5,7,9H2. The number of hydrogen-bond acceptors (Lipinski definition) is 2. The number of piperidine rings is 1. The molecule has 0 spiro atoms. The quantitative estimate of drug-likeness (QED) is 0.917. The van der Waals surface area contributed by atoms with Gasteiger partial charge in [0.2, 0.25) is 5.91 Å². The molecule has 20 heavy (non-hydrogen) atoms. The third kappa shape index (κ3) is 2.98. The summed E-state index contributed by atoms with van der Waals surface area (Å²) in [4.78, 5) is 14.0. The maximum Gasteiger partial charge on any atom is 0.240 e. The predicted molar refractivity (Wildman–Crippen MR) is 71.0 cm³/mol. The summed E-state index contributed by atoms with van der Waals surface area (Å²) in [5, 5.41) is 3.33. The highest BCUT2D eigenvalue weighted by atomic mass is 19.1. The van der Waals surface area contributed by atoms with E-state index in [2.05, 4.69) is 5.32 Å². The lowest BCUT2D eigenvalue weighted by atomic mass is 10.0. The number of rotatable bonds is 4. The van der Waals surface area contributed by atoms with Crippen LogP contribution >= 0.6 is 0 Å². The summed E-state index contributed by atoms with van der Waals surface area (Å²) in [7, 11) is 0. The predicted octanol–water partition coefficient (Wildman–Crippen LogP) is 2.21. The van der Waals surface area contributed by atoms with E-state index in [1.54, 1.807) is 4.90 Å². The van der Waals surface area contributed by atoms with Gasteiger partial charge in [-0.25, -0.2) is 8.78 Å². The fourth-order valence-corrected chi connectivity index (χ4v) is 2.66. The topological polar surface area (TPSA) is 32.3 Å². The molecule has 1 aromatic rings. The number of likely N-dealkylation sites (tertiary alicyclic amines) is 1. The van der Waals surface area contributed by atoms with Crippen molar-refractivity contribution in [3.8, 4) is 0 Å². The number of carbonyl (C=O) groups excluding carboxylic acids is 1. The summed E-state index contributed by atoms with van der Waals surface area (Å²) in [6.07, 6.45) is 3.98. The second-order valence-electron chi connectivity index (χ2n) is 5.63. The first-order valence-electron chi connectivity index (χ1n) is 7.12. The molecule has 1 saturated heterocycles. The van der Waals surface area contributed by atoms with E-state index >= 15 is 0 Å². The van der Waals surface area contributed by atoms with Gasteiger partial charge >= 0.3 is 0 Å². The minimum absolute atomic E-state index is 0.00631. The van der Waals surface area contributed by atoms with Crippen LogP contribution in [0.15, 0.2) is 18.2 Å². The largest absolute Gasteiger partial charge is 0.337 e. The van der Waals surface area contributed by atoms with Crippen molar-refractivity contribution < 1.29 is 13.6 Å². The Labute approximate surface area is 117 Å². The van der Waals surface area contributed by atoms with Gasteiger partial charge in [-0.1, -0.05) is 0 Å². The third-order valence-electron chi connectivity index (χ3n) is 3.91. The lowest BCUT2D eigenvalue weighted by molar-refractivity contribution is -0.136. The summed E-state index contributed by atoms with van der Waals surface area (Å²) >= 11 is 0. The van der Waals surface area contributed by atoms with Crippen LogP contribution in [0.3, 0.4) is 0 Å². The number of hydrogen-bond donors (Lipinski definition) is 1. The average molecular weight is 280 g/mol. The third-order valence-corrected chi connectivity index (χ3v) is 3.91. The van der Waals surface area contributed by atoms with E-state index in [0.717, 1.165) is 37.8 Å². The van der Waals surface area contributed by atoms with E-state index in [0.29, 0.717) is 12.6 Å². The lowest BCUT2D eigenvalue weighted by Crippen LogP contribution is -2.50. The molecular weight excluding hydrogens is 262 g/mol. The Kier molecular flexibility index (Phi) is 3.70. The summed E-state index contributed by atoms with van der Waals surface area (Å²) in [6.45, 7) is 0.753. The first kappa shape index (κ1) is 13.5. The number of benzene rings is 1. The van der Waals surface area contributed by atoms with Crippen LogP contribution < -0.4 is 5.32 Å². The van der Waals surface area contributed by atoms with Crippen LogP contribution in [-0.2, 0) is 11.3 Å². The Hall–Kier alpha value is -1.49. The zero-order valence-electron chi connectivity index (χ0n) is 11.2. The molecule has 3 rings (SSSR count). The van der Waals surface area contributed by atoms with Crippen molar-refractivity contribution >= 4 is 5.91 Å². The minimum atomic E-state index is -0.474. The van der Waals surface area contributed by atoms with Gasteiger partial charge in [0.05, 0.1) is 6.04 Å². The number of nitrogens with one attached hydrogen (secondary N) is 1. The summed E-state index contributed by atoms with van der Waals surface area (Å²) in [5.74, 6) is -0.929. The Morgan fingerprint density at radius 2 is 2.05 bits per heavy atom. The number of halogens is 2. The maximum atomic E-state index is 13.6. The molecule has 1 aromatic carbocycles. The van der Waals surface area contributed by atoms with Crippen molar-refractivity contribution in [1.29, 1.82) is 0 Å². The monoisotopic (exact) mass is 280 g/mol. The molecule has 2 aliphatic rings. The van der Waals surface area contributed by atoms with Gasteiger partial charge in [0.1, 0.15) is 11.6 Å². The van der Waals surface area contributed by atoms with Crippen molar-refractivity contribution in [3.63, 3.8) is 0 Å². The Balaban J connectivity index is 1.69. The fourth-order valence-electron chi connectivity index (χ4n) is 2.66. The molecule has 0 bridgehead atoms. The Morgan fingerprint density at radius 1 is 1.25 bits per heavy atom. The molecule has 1 heterocycles. The van der Waals surface area contributed by atoms with Crippen LogP contribution in [0.4, 0.5) is 8.78 Å². The molecule has 108 valence electrons. The zero-order chi connectivity index (χ0) is 14.1. The van der Waals surface area contributed by atoms with Crippen LogP contribution in [0.2, 0.25) is 0 Å². The van der Waals surface area contributed by atoms with Crippen molar-refractivity contribution in [2.24, 2.45) is 0 Å². The molecule has 1 atom stereocenters. The normalized spacial score (nSPS) is 23.2. The molecule has 1 aliphatic carbocycles. The molecule has 0 radical (unpaired) electrons. The molecule has 1 aliphatic heterocycles. The van der Waals surface area contributed by atoms with E-state index in [4.69, 9.17) is 0 Å². The summed E-state index contributed by atoms with van der Waals surface area (Å²) < 4.78 is 26.8. The van der Waals surface area contributed by atoms with Gasteiger partial charge in [0, 0.05) is 24.7 Å². The van der Waals surface area contributed by atoms with Gasteiger partial charge in [0.15, 0.2) is 0 Å². The lowest BCUT2D eigenvalue weighted by Gasteiger charge is -2.33. The van der Waals surface area contributed by atoms with E-state index < -0.39 is 11.6 Å². The minimum Gasteiger partial charge on any atom is -0.337 e. The maximum absolute atomic E-state index is 13.6. The number of nitrogens with zero attached hydrogens (tertiary/aromatic N) is 1. The Bertz CT molecular complexity index is 517. The van der Waals surface area contributed by atoms with E-state index in [1.165, 1.54) is 6.07 Å². The molecule has 3 nitrogen and oxygen atoms in total. The highest BCUT2D eigenvalue weighted by Crippen LogP contribution is 2.23. The van der Waals surface area contributed by atoms with Gasteiger partial charge in [-0.3, -0.25) is 4.79 Å². The molecule has 2 fully saturated rings.